The van der Waals surface area contributed by atoms with Crippen LogP contribution in [0, 0.1) is 5.41 Å². The van der Waals surface area contributed by atoms with E-state index < -0.39 is 12.1 Å². The second-order valence-electron chi connectivity index (χ2n) is 3.22. The maximum absolute atomic E-state index is 11.1. The quantitative estimate of drug-likeness (QED) is 0.349. The van der Waals surface area contributed by atoms with Crippen molar-refractivity contribution in [1.82, 2.24) is 0 Å². The number of rotatable bonds is 9. The topological polar surface area (TPSA) is 112 Å². The van der Waals surface area contributed by atoms with Gasteiger partial charge in [0, 0.05) is 6.61 Å². The van der Waals surface area contributed by atoms with Crippen molar-refractivity contribution in [1.29, 1.82) is 5.41 Å². The molecule has 0 aliphatic rings. The van der Waals surface area contributed by atoms with E-state index in [2.05, 4.69) is 4.74 Å². The predicted molar refractivity (Wildman–Crippen MR) is 59.9 cm³/mol. The minimum atomic E-state index is -0.976. The van der Waals surface area contributed by atoms with Crippen LogP contribution in [0.3, 0.4) is 0 Å². The Morgan fingerprint density at radius 1 is 1.18 bits per heavy atom. The molecule has 0 fully saturated rings. The van der Waals surface area contributed by atoms with E-state index in [0.29, 0.717) is 13.2 Å². The maximum atomic E-state index is 11.1. The van der Waals surface area contributed by atoms with E-state index in [1.807, 2.05) is 6.92 Å². The molecule has 0 aromatic carbocycles. The minimum Gasteiger partial charge on any atom is -0.463 e. The zero-order valence-electron chi connectivity index (χ0n) is 9.86. The average molecular weight is 246 g/mol. The van der Waals surface area contributed by atoms with E-state index in [-0.39, 0.29) is 25.3 Å². The molecule has 0 aromatic rings. The van der Waals surface area contributed by atoms with Crippen molar-refractivity contribution in [2.45, 2.75) is 19.8 Å². The third kappa shape index (κ3) is 10.6. The van der Waals surface area contributed by atoms with Crippen molar-refractivity contribution < 1.29 is 23.8 Å². The van der Waals surface area contributed by atoms with Crippen molar-refractivity contribution in [3.63, 3.8) is 0 Å². The zero-order valence-corrected chi connectivity index (χ0v) is 9.86. The number of hydrogen-bond donors (Lipinski definition) is 2. The maximum Gasteiger partial charge on any atom is 0.404 e. The number of esters is 1. The Hall–Kier alpha value is -1.63. The lowest BCUT2D eigenvalue weighted by atomic mass is 10.3. The molecule has 7 nitrogen and oxygen atoms in total. The SMILES string of the molecule is CCCOCCOC(=O)CC(=N)COC(N)=O. The first kappa shape index (κ1) is 15.4. The molecule has 0 spiro atoms. The number of hydrogen-bond acceptors (Lipinski definition) is 6. The largest absolute Gasteiger partial charge is 0.463 e. The van der Waals surface area contributed by atoms with Gasteiger partial charge in [0.05, 0.1) is 18.7 Å². The van der Waals surface area contributed by atoms with Crippen molar-refractivity contribution >= 4 is 17.8 Å². The summed E-state index contributed by atoms with van der Waals surface area (Å²) < 4.78 is 14.2. The molecule has 7 heteroatoms. The summed E-state index contributed by atoms with van der Waals surface area (Å²) in [4.78, 5) is 21.4. The van der Waals surface area contributed by atoms with Crippen LogP contribution in [0.15, 0.2) is 0 Å². The second kappa shape index (κ2) is 9.59. The predicted octanol–water partition coefficient (Wildman–Crippen LogP) is 0.461. The van der Waals surface area contributed by atoms with Gasteiger partial charge in [0.2, 0.25) is 0 Å². The summed E-state index contributed by atoms with van der Waals surface area (Å²) in [7, 11) is 0. The van der Waals surface area contributed by atoms with Crippen LogP contribution in [0.1, 0.15) is 19.8 Å². The minimum absolute atomic E-state index is 0.0664. The van der Waals surface area contributed by atoms with Gasteiger partial charge in [-0.3, -0.25) is 4.79 Å². The number of ether oxygens (including phenoxy) is 3. The van der Waals surface area contributed by atoms with E-state index in [0.717, 1.165) is 6.42 Å². The fourth-order valence-electron chi connectivity index (χ4n) is 0.895. The number of nitrogens with one attached hydrogen (secondary N) is 1. The molecule has 0 atom stereocenters. The first-order chi connectivity index (χ1) is 8.06. The Morgan fingerprint density at radius 3 is 2.47 bits per heavy atom. The Labute approximate surface area is 99.7 Å². The summed E-state index contributed by atoms with van der Waals surface area (Å²) in [6.45, 7) is 2.80. The van der Waals surface area contributed by atoms with Crippen molar-refractivity contribution in [2.24, 2.45) is 5.73 Å². The second-order valence-corrected chi connectivity index (χ2v) is 3.22. The van der Waals surface area contributed by atoms with Gasteiger partial charge in [0.1, 0.15) is 13.2 Å². The number of nitrogens with two attached hydrogens (primary N) is 1. The summed E-state index contributed by atoms with van der Waals surface area (Å²) in [5, 5.41) is 7.29. The number of carbonyl (C=O) groups is 2. The average Bonchev–Trinajstić information content (AvgIpc) is 2.26. The highest BCUT2D eigenvalue weighted by atomic mass is 16.6. The Bertz CT molecular complexity index is 267. The zero-order chi connectivity index (χ0) is 13.1. The molecule has 0 rings (SSSR count). The fraction of sp³-hybridized carbons (Fsp3) is 0.700. The normalized spacial score (nSPS) is 9.71. The molecule has 0 heterocycles. The Kier molecular flexibility index (Phi) is 8.67. The lowest BCUT2D eigenvalue weighted by molar-refractivity contribution is -0.143. The van der Waals surface area contributed by atoms with Gasteiger partial charge in [-0.25, -0.2) is 4.79 Å². The van der Waals surface area contributed by atoms with Gasteiger partial charge in [-0.2, -0.15) is 0 Å². The number of carbonyl (C=O) groups excluding carboxylic acids is 2. The number of primary amides is 1. The lowest BCUT2D eigenvalue weighted by Gasteiger charge is -2.06. The third-order valence-electron chi connectivity index (χ3n) is 1.59. The summed E-state index contributed by atoms with van der Waals surface area (Å²) in [6, 6.07) is 0. The standard InChI is InChI=1S/C10H18N2O5/c1-2-3-15-4-5-16-9(13)6-8(11)7-17-10(12)14/h11H,2-7H2,1H3,(H2,12,14). The van der Waals surface area contributed by atoms with Crippen LogP contribution in [-0.2, 0) is 19.0 Å². The van der Waals surface area contributed by atoms with Crippen LogP contribution in [0.5, 0.6) is 0 Å². The van der Waals surface area contributed by atoms with E-state index in [9.17, 15) is 9.59 Å². The number of amides is 1. The molecule has 3 N–H and O–H groups in total. The van der Waals surface area contributed by atoms with Crippen molar-refractivity contribution in [3.05, 3.63) is 0 Å². The molecule has 0 aromatic heterocycles. The van der Waals surface area contributed by atoms with Crippen LogP contribution in [-0.4, -0.2) is 44.2 Å². The molecule has 1 amide bonds. The molecule has 0 aliphatic carbocycles. The lowest BCUT2D eigenvalue weighted by Crippen LogP contribution is -2.21. The van der Waals surface area contributed by atoms with Crippen molar-refractivity contribution in [3.8, 4) is 0 Å². The Balaban J connectivity index is 3.50. The van der Waals surface area contributed by atoms with Gasteiger partial charge >= 0.3 is 12.1 Å². The van der Waals surface area contributed by atoms with Gasteiger partial charge in [-0.1, -0.05) is 6.92 Å². The highest BCUT2D eigenvalue weighted by molar-refractivity contribution is 5.98. The van der Waals surface area contributed by atoms with Crippen molar-refractivity contribution in [2.75, 3.05) is 26.4 Å². The molecule has 17 heavy (non-hydrogen) atoms. The molecule has 0 unspecified atom stereocenters. The monoisotopic (exact) mass is 246 g/mol. The molecule has 98 valence electrons. The summed E-state index contributed by atoms with van der Waals surface area (Å²) >= 11 is 0. The molecule has 0 saturated carbocycles. The van der Waals surface area contributed by atoms with Gasteiger partial charge in [-0.15, -0.1) is 0 Å². The summed E-state index contributed by atoms with van der Waals surface area (Å²) in [5.74, 6) is -0.553. The summed E-state index contributed by atoms with van der Waals surface area (Å²) in [5.41, 5.74) is 4.64. The molecule has 0 bridgehead atoms. The van der Waals surface area contributed by atoms with Gasteiger partial charge in [-0.05, 0) is 6.42 Å². The van der Waals surface area contributed by atoms with E-state index in [1.54, 1.807) is 0 Å². The van der Waals surface area contributed by atoms with E-state index in [4.69, 9.17) is 20.6 Å². The molecular weight excluding hydrogens is 228 g/mol. The first-order valence-corrected chi connectivity index (χ1v) is 5.28. The first-order valence-electron chi connectivity index (χ1n) is 5.28. The van der Waals surface area contributed by atoms with Crippen LogP contribution in [0.25, 0.3) is 0 Å². The summed E-state index contributed by atoms with van der Waals surface area (Å²) in [6.07, 6.45) is -0.291. The van der Waals surface area contributed by atoms with E-state index >= 15 is 0 Å². The fourth-order valence-corrected chi connectivity index (χ4v) is 0.895. The van der Waals surface area contributed by atoms with Crippen LogP contribution < -0.4 is 5.73 Å². The van der Waals surface area contributed by atoms with Gasteiger partial charge in [0.15, 0.2) is 0 Å². The molecular formula is C10H18N2O5. The molecule has 0 aliphatic heterocycles. The van der Waals surface area contributed by atoms with Gasteiger partial charge in [0.25, 0.3) is 0 Å². The highest BCUT2D eigenvalue weighted by Crippen LogP contribution is 1.91. The van der Waals surface area contributed by atoms with Crippen LogP contribution in [0.4, 0.5) is 4.79 Å². The third-order valence-corrected chi connectivity index (χ3v) is 1.59. The molecule has 0 radical (unpaired) electrons. The van der Waals surface area contributed by atoms with Crippen LogP contribution in [0.2, 0.25) is 0 Å². The molecule has 0 saturated heterocycles. The smallest absolute Gasteiger partial charge is 0.404 e. The van der Waals surface area contributed by atoms with Crippen LogP contribution >= 0.6 is 0 Å². The Morgan fingerprint density at radius 2 is 1.88 bits per heavy atom. The highest BCUT2D eigenvalue weighted by Gasteiger charge is 2.08. The van der Waals surface area contributed by atoms with E-state index in [1.165, 1.54) is 0 Å². The van der Waals surface area contributed by atoms with Gasteiger partial charge < -0.3 is 25.4 Å².